The predicted molar refractivity (Wildman–Crippen MR) is 85.0 cm³/mol. The highest BCUT2D eigenvalue weighted by Crippen LogP contribution is 2.30. The maximum Gasteiger partial charge on any atom is 0.142 e. The lowest BCUT2D eigenvalue weighted by Crippen LogP contribution is -2.54. The standard InChI is InChI=1S/C17H26N2O2/c1-21-17-9-5-3-7-15(17)19-12-10-18(11-13-19)14-6-2-4-8-16(14)20/h3,5,7,9,14,16,20H,2,4,6,8,10-13H2,1H3/t14-,16-/m0/s1. The number of aliphatic hydroxyl groups excluding tert-OH is 1. The van der Waals surface area contributed by atoms with Gasteiger partial charge in [-0.3, -0.25) is 4.90 Å². The van der Waals surface area contributed by atoms with Gasteiger partial charge in [0.25, 0.3) is 0 Å². The lowest BCUT2D eigenvalue weighted by atomic mass is 9.91. The van der Waals surface area contributed by atoms with Crippen LogP contribution in [0, 0.1) is 0 Å². The summed E-state index contributed by atoms with van der Waals surface area (Å²) in [4.78, 5) is 4.88. The molecular formula is C17H26N2O2. The number of anilines is 1. The van der Waals surface area contributed by atoms with Crippen LogP contribution >= 0.6 is 0 Å². The highest BCUT2D eigenvalue weighted by atomic mass is 16.5. The van der Waals surface area contributed by atoms with E-state index in [2.05, 4.69) is 21.9 Å². The number of hydrogen-bond acceptors (Lipinski definition) is 4. The Kier molecular flexibility index (Phi) is 4.66. The summed E-state index contributed by atoms with van der Waals surface area (Å²) in [7, 11) is 1.73. The first-order valence-electron chi connectivity index (χ1n) is 8.09. The van der Waals surface area contributed by atoms with Crippen LogP contribution in [0.1, 0.15) is 25.7 Å². The maximum atomic E-state index is 10.2. The Morgan fingerprint density at radius 1 is 1.05 bits per heavy atom. The van der Waals surface area contributed by atoms with Crippen LogP contribution in [-0.2, 0) is 0 Å². The van der Waals surface area contributed by atoms with Gasteiger partial charge in [0.15, 0.2) is 0 Å². The molecule has 1 aliphatic heterocycles. The van der Waals surface area contributed by atoms with Gasteiger partial charge in [-0.05, 0) is 25.0 Å². The summed E-state index contributed by atoms with van der Waals surface area (Å²) < 4.78 is 5.46. The van der Waals surface area contributed by atoms with Gasteiger partial charge in [-0.2, -0.15) is 0 Å². The molecule has 1 aliphatic carbocycles. The van der Waals surface area contributed by atoms with E-state index in [1.165, 1.54) is 18.5 Å². The van der Waals surface area contributed by atoms with Crippen LogP contribution in [0.5, 0.6) is 5.75 Å². The van der Waals surface area contributed by atoms with Gasteiger partial charge in [0.1, 0.15) is 5.75 Å². The number of piperazine rings is 1. The van der Waals surface area contributed by atoms with Crippen molar-refractivity contribution < 1.29 is 9.84 Å². The van der Waals surface area contributed by atoms with Crippen LogP contribution in [0.4, 0.5) is 5.69 Å². The first kappa shape index (κ1) is 14.7. The van der Waals surface area contributed by atoms with Crippen molar-refractivity contribution in [3.05, 3.63) is 24.3 Å². The van der Waals surface area contributed by atoms with Crippen LogP contribution in [0.3, 0.4) is 0 Å². The van der Waals surface area contributed by atoms with Gasteiger partial charge in [-0.15, -0.1) is 0 Å². The number of para-hydroxylation sites is 2. The van der Waals surface area contributed by atoms with Crippen molar-refractivity contribution in [2.24, 2.45) is 0 Å². The molecule has 2 aliphatic rings. The second-order valence-corrected chi connectivity index (χ2v) is 6.11. The molecule has 4 nitrogen and oxygen atoms in total. The highest BCUT2D eigenvalue weighted by Gasteiger charge is 2.31. The third-order valence-corrected chi connectivity index (χ3v) is 4.90. The number of aliphatic hydroxyl groups is 1. The van der Waals surface area contributed by atoms with Crippen molar-refractivity contribution in [3.8, 4) is 5.75 Å². The summed E-state index contributed by atoms with van der Waals surface area (Å²) in [5.74, 6) is 0.948. The molecule has 3 rings (SSSR count). The molecule has 116 valence electrons. The van der Waals surface area contributed by atoms with Gasteiger partial charge in [0.05, 0.1) is 18.9 Å². The fourth-order valence-electron chi connectivity index (χ4n) is 3.70. The quantitative estimate of drug-likeness (QED) is 0.925. The molecule has 1 heterocycles. The molecule has 2 fully saturated rings. The van der Waals surface area contributed by atoms with Crippen molar-refractivity contribution in [1.29, 1.82) is 0 Å². The molecule has 0 amide bonds. The Hall–Kier alpha value is -1.26. The van der Waals surface area contributed by atoms with E-state index in [0.717, 1.165) is 44.8 Å². The molecule has 1 saturated heterocycles. The molecular weight excluding hydrogens is 264 g/mol. The molecule has 0 spiro atoms. The fraction of sp³-hybridized carbons (Fsp3) is 0.647. The summed E-state index contributed by atoms with van der Waals surface area (Å²) in [6.07, 6.45) is 4.43. The van der Waals surface area contributed by atoms with Crippen LogP contribution in [-0.4, -0.2) is 55.4 Å². The lowest BCUT2D eigenvalue weighted by molar-refractivity contribution is 0.0173. The first-order valence-corrected chi connectivity index (χ1v) is 8.09. The van der Waals surface area contributed by atoms with E-state index in [4.69, 9.17) is 4.74 Å². The van der Waals surface area contributed by atoms with Gasteiger partial charge in [-0.25, -0.2) is 0 Å². The van der Waals surface area contributed by atoms with Gasteiger partial charge in [0.2, 0.25) is 0 Å². The monoisotopic (exact) mass is 290 g/mol. The van der Waals surface area contributed by atoms with Gasteiger partial charge >= 0.3 is 0 Å². The normalized spacial score (nSPS) is 27.6. The number of rotatable bonds is 3. The molecule has 0 unspecified atom stereocenters. The minimum absolute atomic E-state index is 0.128. The smallest absolute Gasteiger partial charge is 0.142 e. The number of ether oxygens (including phenoxy) is 1. The molecule has 1 aromatic rings. The molecule has 0 aromatic heterocycles. The van der Waals surface area contributed by atoms with Gasteiger partial charge < -0.3 is 14.7 Å². The minimum Gasteiger partial charge on any atom is -0.495 e. The molecule has 0 bridgehead atoms. The Morgan fingerprint density at radius 3 is 2.48 bits per heavy atom. The lowest BCUT2D eigenvalue weighted by Gasteiger charge is -2.43. The third-order valence-electron chi connectivity index (χ3n) is 4.90. The zero-order valence-electron chi connectivity index (χ0n) is 12.9. The zero-order chi connectivity index (χ0) is 14.7. The van der Waals surface area contributed by atoms with Crippen molar-refractivity contribution in [1.82, 2.24) is 4.90 Å². The van der Waals surface area contributed by atoms with Crippen molar-refractivity contribution in [2.45, 2.75) is 37.8 Å². The summed E-state index contributed by atoms with van der Waals surface area (Å²) in [6, 6.07) is 8.60. The number of benzene rings is 1. The Morgan fingerprint density at radius 2 is 1.76 bits per heavy atom. The van der Waals surface area contributed by atoms with Crippen molar-refractivity contribution >= 4 is 5.69 Å². The van der Waals surface area contributed by atoms with E-state index in [1.807, 2.05) is 12.1 Å². The van der Waals surface area contributed by atoms with E-state index in [0.29, 0.717) is 6.04 Å². The van der Waals surface area contributed by atoms with Crippen LogP contribution < -0.4 is 9.64 Å². The fourth-order valence-corrected chi connectivity index (χ4v) is 3.70. The third kappa shape index (κ3) is 3.16. The van der Waals surface area contributed by atoms with Crippen LogP contribution in [0.25, 0.3) is 0 Å². The summed E-state index contributed by atoms with van der Waals surface area (Å²) in [5.41, 5.74) is 1.18. The Labute approximate surface area is 127 Å². The predicted octanol–water partition coefficient (Wildman–Crippen LogP) is 2.12. The second-order valence-electron chi connectivity index (χ2n) is 6.11. The topological polar surface area (TPSA) is 35.9 Å². The zero-order valence-corrected chi connectivity index (χ0v) is 12.9. The molecule has 0 radical (unpaired) electrons. The average Bonchev–Trinajstić information content (AvgIpc) is 2.55. The molecule has 1 saturated carbocycles. The van der Waals surface area contributed by atoms with E-state index < -0.39 is 0 Å². The van der Waals surface area contributed by atoms with Crippen LogP contribution in [0.2, 0.25) is 0 Å². The summed E-state index contributed by atoms with van der Waals surface area (Å²) in [5, 5.41) is 10.2. The highest BCUT2D eigenvalue weighted by molar-refractivity contribution is 5.58. The maximum absolute atomic E-state index is 10.2. The second kappa shape index (κ2) is 6.67. The Bertz CT molecular complexity index is 458. The number of methoxy groups -OCH3 is 1. The van der Waals surface area contributed by atoms with Crippen molar-refractivity contribution in [2.75, 3.05) is 38.2 Å². The van der Waals surface area contributed by atoms with E-state index >= 15 is 0 Å². The SMILES string of the molecule is COc1ccccc1N1CCN([C@H]2CCCC[C@@H]2O)CC1. The van der Waals surface area contributed by atoms with Gasteiger partial charge in [-0.1, -0.05) is 25.0 Å². The average molecular weight is 290 g/mol. The van der Waals surface area contributed by atoms with Crippen LogP contribution in [0.15, 0.2) is 24.3 Å². The number of nitrogens with zero attached hydrogens (tertiary/aromatic N) is 2. The largest absolute Gasteiger partial charge is 0.495 e. The molecule has 4 heteroatoms. The van der Waals surface area contributed by atoms with Gasteiger partial charge in [0, 0.05) is 32.2 Å². The summed E-state index contributed by atoms with van der Waals surface area (Å²) in [6.45, 7) is 4.06. The van der Waals surface area contributed by atoms with Crippen molar-refractivity contribution in [3.63, 3.8) is 0 Å². The molecule has 21 heavy (non-hydrogen) atoms. The first-order chi connectivity index (χ1) is 10.3. The van der Waals surface area contributed by atoms with E-state index in [1.54, 1.807) is 7.11 Å². The summed E-state index contributed by atoms with van der Waals surface area (Å²) >= 11 is 0. The minimum atomic E-state index is -0.128. The Balaban J connectivity index is 1.62. The number of hydrogen-bond donors (Lipinski definition) is 1. The molecule has 1 aromatic carbocycles. The molecule has 1 N–H and O–H groups in total. The van der Waals surface area contributed by atoms with E-state index in [9.17, 15) is 5.11 Å². The van der Waals surface area contributed by atoms with E-state index in [-0.39, 0.29) is 6.10 Å². The molecule has 2 atom stereocenters.